The quantitative estimate of drug-likeness (QED) is 0.658. The highest BCUT2D eigenvalue weighted by atomic mass is 19.1. The summed E-state index contributed by atoms with van der Waals surface area (Å²) in [5.41, 5.74) is 1.33. The van der Waals surface area contributed by atoms with Crippen LogP contribution in [0.1, 0.15) is 29.0 Å². The maximum absolute atomic E-state index is 13.8. The fraction of sp³-hybridized carbons (Fsp3) is 0.294. The van der Waals surface area contributed by atoms with Crippen molar-refractivity contribution in [2.24, 2.45) is 0 Å². The zero-order valence-corrected chi connectivity index (χ0v) is 14.1. The van der Waals surface area contributed by atoms with Crippen molar-refractivity contribution >= 4 is 22.6 Å². The highest BCUT2D eigenvalue weighted by molar-refractivity contribution is 6.05. The number of fused-ring (bicyclic) bond motifs is 1. The van der Waals surface area contributed by atoms with Crippen LogP contribution in [0.3, 0.4) is 0 Å². The molecule has 3 rings (SSSR count). The molecule has 0 atom stereocenters. The van der Waals surface area contributed by atoms with Crippen LogP contribution in [0.25, 0.3) is 10.9 Å². The molecule has 0 N–H and O–H groups in total. The van der Waals surface area contributed by atoms with Crippen LogP contribution < -0.4 is 4.90 Å². The highest BCUT2D eigenvalue weighted by Crippen LogP contribution is 2.31. The Bertz CT molecular complexity index is 925. The van der Waals surface area contributed by atoms with E-state index in [-0.39, 0.29) is 18.7 Å². The number of hydrogen-bond donors (Lipinski definition) is 0. The SMILES string of the molecule is CCOC(=O)c1cnc2ccc(F)cc2c1N(C)Cc1noc(C)n1. The van der Waals surface area contributed by atoms with Crippen molar-refractivity contribution in [2.75, 3.05) is 18.6 Å². The number of aryl methyl sites for hydroxylation is 1. The van der Waals surface area contributed by atoms with E-state index in [1.807, 2.05) is 0 Å². The average molecular weight is 344 g/mol. The fourth-order valence-electron chi connectivity index (χ4n) is 2.62. The molecule has 25 heavy (non-hydrogen) atoms. The molecule has 0 spiro atoms. The molecule has 0 aliphatic rings. The van der Waals surface area contributed by atoms with Crippen LogP contribution in [-0.2, 0) is 11.3 Å². The first-order valence-corrected chi connectivity index (χ1v) is 7.75. The van der Waals surface area contributed by atoms with Gasteiger partial charge in [-0.2, -0.15) is 4.98 Å². The van der Waals surface area contributed by atoms with E-state index in [1.54, 1.807) is 31.9 Å². The number of carbonyl (C=O) groups excluding carboxylic acids is 1. The van der Waals surface area contributed by atoms with Gasteiger partial charge in [0.25, 0.3) is 0 Å². The van der Waals surface area contributed by atoms with Gasteiger partial charge < -0.3 is 14.2 Å². The van der Waals surface area contributed by atoms with Crippen LogP contribution in [0.4, 0.5) is 10.1 Å². The summed E-state index contributed by atoms with van der Waals surface area (Å²) in [6.07, 6.45) is 1.44. The smallest absolute Gasteiger partial charge is 0.341 e. The fourth-order valence-corrected chi connectivity index (χ4v) is 2.62. The van der Waals surface area contributed by atoms with E-state index in [0.717, 1.165) is 0 Å². The molecule has 0 fully saturated rings. The molecule has 0 aliphatic carbocycles. The molecule has 2 aromatic heterocycles. The molecule has 0 radical (unpaired) electrons. The zero-order valence-electron chi connectivity index (χ0n) is 14.1. The van der Waals surface area contributed by atoms with E-state index < -0.39 is 11.8 Å². The molecule has 130 valence electrons. The molecular weight excluding hydrogens is 327 g/mol. The Morgan fingerprint density at radius 3 is 2.88 bits per heavy atom. The second-order valence-corrected chi connectivity index (χ2v) is 5.49. The van der Waals surface area contributed by atoms with Gasteiger partial charge in [-0.25, -0.2) is 9.18 Å². The summed E-state index contributed by atoms with van der Waals surface area (Å²) in [6.45, 7) is 3.92. The molecule has 0 amide bonds. The molecule has 0 bridgehead atoms. The van der Waals surface area contributed by atoms with E-state index in [2.05, 4.69) is 15.1 Å². The highest BCUT2D eigenvalue weighted by Gasteiger charge is 2.21. The molecule has 1 aromatic carbocycles. The minimum Gasteiger partial charge on any atom is -0.462 e. The Morgan fingerprint density at radius 2 is 2.20 bits per heavy atom. The van der Waals surface area contributed by atoms with Crippen LogP contribution in [0, 0.1) is 12.7 Å². The average Bonchev–Trinajstić information content (AvgIpc) is 2.98. The monoisotopic (exact) mass is 344 g/mol. The third-order valence-corrected chi connectivity index (χ3v) is 3.63. The summed E-state index contributed by atoms with van der Waals surface area (Å²) in [7, 11) is 1.76. The van der Waals surface area contributed by atoms with Crippen molar-refractivity contribution in [1.82, 2.24) is 15.1 Å². The molecule has 0 unspecified atom stereocenters. The number of aromatic nitrogens is 3. The van der Waals surface area contributed by atoms with Gasteiger partial charge in [-0.3, -0.25) is 4.98 Å². The van der Waals surface area contributed by atoms with Crippen molar-refractivity contribution < 1.29 is 18.4 Å². The number of pyridine rings is 1. The van der Waals surface area contributed by atoms with Gasteiger partial charge in [0.2, 0.25) is 5.89 Å². The van der Waals surface area contributed by atoms with Gasteiger partial charge in [0.1, 0.15) is 11.4 Å². The maximum atomic E-state index is 13.8. The number of halogens is 1. The lowest BCUT2D eigenvalue weighted by Gasteiger charge is -2.22. The van der Waals surface area contributed by atoms with Gasteiger partial charge in [-0.15, -0.1) is 0 Å². The Morgan fingerprint density at radius 1 is 1.40 bits per heavy atom. The number of esters is 1. The van der Waals surface area contributed by atoms with Gasteiger partial charge in [-0.05, 0) is 25.1 Å². The van der Waals surface area contributed by atoms with E-state index in [4.69, 9.17) is 9.26 Å². The van der Waals surface area contributed by atoms with Crippen LogP contribution in [0.5, 0.6) is 0 Å². The molecule has 7 nitrogen and oxygen atoms in total. The molecule has 0 aliphatic heterocycles. The van der Waals surface area contributed by atoms with Gasteiger partial charge >= 0.3 is 5.97 Å². The summed E-state index contributed by atoms with van der Waals surface area (Å²) in [5.74, 6) is -0.0384. The molecule has 0 saturated carbocycles. The number of hydrogen-bond acceptors (Lipinski definition) is 7. The second kappa shape index (κ2) is 6.84. The summed E-state index contributed by atoms with van der Waals surface area (Å²) < 4.78 is 23.9. The Kier molecular flexibility index (Phi) is 4.60. The summed E-state index contributed by atoms with van der Waals surface area (Å²) >= 11 is 0. The molecule has 8 heteroatoms. The number of ether oxygens (including phenoxy) is 1. The lowest BCUT2D eigenvalue weighted by atomic mass is 10.1. The number of nitrogens with zero attached hydrogens (tertiary/aromatic N) is 4. The van der Waals surface area contributed by atoms with Crippen LogP contribution in [0.2, 0.25) is 0 Å². The lowest BCUT2D eigenvalue weighted by Crippen LogP contribution is -2.21. The molecule has 0 saturated heterocycles. The maximum Gasteiger partial charge on any atom is 0.341 e. The topological polar surface area (TPSA) is 81.4 Å². The van der Waals surface area contributed by atoms with Crippen LogP contribution >= 0.6 is 0 Å². The first-order chi connectivity index (χ1) is 12.0. The third kappa shape index (κ3) is 3.42. The largest absolute Gasteiger partial charge is 0.462 e. The Hall–Kier alpha value is -3.03. The van der Waals surface area contributed by atoms with E-state index in [9.17, 15) is 9.18 Å². The summed E-state index contributed by atoms with van der Waals surface area (Å²) in [4.78, 5) is 22.5. The number of anilines is 1. The third-order valence-electron chi connectivity index (χ3n) is 3.63. The molecule has 2 heterocycles. The van der Waals surface area contributed by atoms with Gasteiger partial charge in [0.05, 0.1) is 24.4 Å². The zero-order chi connectivity index (χ0) is 18.0. The number of carbonyl (C=O) groups is 1. The minimum atomic E-state index is -0.521. The summed E-state index contributed by atoms with van der Waals surface area (Å²) in [5, 5.41) is 4.36. The van der Waals surface area contributed by atoms with Crippen molar-refractivity contribution in [3.8, 4) is 0 Å². The molecular formula is C17H17FN4O3. The van der Waals surface area contributed by atoms with E-state index in [1.165, 1.54) is 18.3 Å². The standard InChI is InChI=1S/C17H17FN4O3/c1-4-24-17(23)13-8-19-14-6-5-11(18)7-12(14)16(13)22(3)9-15-20-10(2)25-21-15/h5-8H,4,9H2,1-3H3. The normalized spacial score (nSPS) is 10.9. The first-order valence-electron chi connectivity index (χ1n) is 7.75. The van der Waals surface area contributed by atoms with Crippen molar-refractivity contribution in [3.63, 3.8) is 0 Å². The predicted molar refractivity (Wildman–Crippen MR) is 88.8 cm³/mol. The first kappa shape index (κ1) is 16.8. The van der Waals surface area contributed by atoms with Gasteiger partial charge in [0, 0.05) is 25.6 Å². The number of rotatable bonds is 5. The van der Waals surface area contributed by atoms with Gasteiger partial charge in [0.15, 0.2) is 5.82 Å². The lowest BCUT2D eigenvalue weighted by molar-refractivity contribution is 0.0527. The second-order valence-electron chi connectivity index (χ2n) is 5.49. The van der Waals surface area contributed by atoms with Crippen LogP contribution in [-0.4, -0.2) is 34.7 Å². The Labute approximate surface area is 143 Å². The van der Waals surface area contributed by atoms with Crippen molar-refractivity contribution in [3.05, 3.63) is 47.5 Å². The van der Waals surface area contributed by atoms with Crippen LogP contribution in [0.15, 0.2) is 28.9 Å². The van der Waals surface area contributed by atoms with E-state index >= 15 is 0 Å². The summed E-state index contributed by atoms with van der Waals surface area (Å²) in [6, 6.07) is 4.24. The molecule has 3 aromatic rings. The van der Waals surface area contributed by atoms with Crippen molar-refractivity contribution in [1.29, 1.82) is 0 Å². The van der Waals surface area contributed by atoms with E-state index in [0.29, 0.717) is 28.3 Å². The van der Waals surface area contributed by atoms with Gasteiger partial charge in [-0.1, -0.05) is 5.16 Å². The minimum absolute atomic E-state index is 0.229. The van der Waals surface area contributed by atoms with Crippen molar-refractivity contribution in [2.45, 2.75) is 20.4 Å². The predicted octanol–water partition coefficient (Wildman–Crippen LogP) is 2.88. The Balaban J connectivity index is 2.12. The number of benzene rings is 1.